The fourth-order valence-corrected chi connectivity index (χ4v) is 6.99. The molecule has 2 saturated carbocycles. The second kappa shape index (κ2) is 7.12. The highest BCUT2D eigenvalue weighted by Crippen LogP contribution is 2.71. The van der Waals surface area contributed by atoms with E-state index in [1.165, 1.54) is 0 Å². The first-order valence-electron chi connectivity index (χ1n) is 11.6. The van der Waals surface area contributed by atoms with Crippen molar-refractivity contribution in [3.63, 3.8) is 0 Å². The first-order valence-corrected chi connectivity index (χ1v) is 11.6. The predicted molar refractivity (Wildman–Crippen MR) is 119 cm³/mol. The number of hydrogen-bond donors (Lipinski definition) is 3. The minimum absolute atomic E-state index is 0.0234. The fourth-order valence-electron chi connectivity index (χ4n) is 6.99. The molecule has 3 N–H and O–H groups in total. The lowest BCUT2D eigenvalue weighted by Gasteiger charge is -2.48. The first kappa shape index (κ1) is 23.4. The molecule has 8 atom stereocenters. The molecule has 0 aromatic rings. The highest BCUT2D eigenvalue weighted by atomic mass is 16.6. The van der Waals surface area contributed by atoms with Crippen LogP contribution in [0.3, 0.4) is 0 Å². The van der Waals surface area contributed by atoms with Gasteiger partial charge in [-0.25, -0.2) is 4.79 Å². The third kappa shape index (κ3) is 2.69. The number of ketones is 1. The number of ether oxygens (including phenoxy) is 1. The standard InChI is InChI=1S/C26H36O6/c1-12(2)15(5)23(30)32-22-13(3)10-25-14(4)8-18-19(24(18,6)7)17(21(25)29)9-16(11-27)20(28)26(22,25)31/h9-10,14,17-20,22,27-28,31H,8,11H2,1-7H3/t14-,17?,18?,19?,20?,22?,25?,26?/m1/s1. The maximum atomic E-state index is 14.2. The normalized spacial score (nSPS) is 43.8. The highest BCUT2D eigenvalue weighted by molar-refractivity contribution is 5.96. The largest absolute Gasteiger partial charge is 0.451 e. The smallest absolute Gasteiger partial charge is 0.334 e. The zero-order valence-corrected chi connectivity index (χ0v) is 20.1. The minimum Gasteiger partial charge on any atom is -0.451 e. The van der Waals surface area contributed by atoms with E-state index in [4.69, 9.17) is 4.74 Å². The summed E-state index contributed by atoms with van der Waals surface area (Å²) in [6, 6.07) is 0. The van der Waals surface area contributed by atoms with Crippen molar-refractivity contribution in [2.45, 2.75) is 72.7 Å². The number of aliphatic hydroxyl groups excluding tert-OH is 2. The van der Waals surface area contributed by atoms with Gasteiger partial charge in [-0.2, -0.15) is 0 Å². The van der Waals surface area contributed by atoms with Crippen LogP contribution in [0.25, 0.3) is 0 Å². The lowest BCUT2D eigenvalue weighted by atomic mass is 9.59. The Morgan fingerprint density at radius 3 is 2.44 bits per heavy atom. The summed E-state index contributed by atoms with van der Waals surface area (Å²) in [6.07, 6.45) is 1.42. The van der Waals surface area contributed by atoms with E-state index in [0.717, 1.165) is 12.0 Å². The molecule has 6 heteroatoms. The molecule has 32 heavy (non-hydrogen) atoms. The molecule has 4 aliphatic carbocycles. The highest BCUT2D eigenvalue weighted by Gasteiger charge is 2.76. The lowest BCUT2D eigenvalue weighted by Crippen LogP contribution is -2.65. The summed E-state index contributed by atoms with van der Waals surface area (Å²) < 4.78 is 5.80. The Balaban J connectivity index is 1.90. The van der Waals surface area contributed by atoms with Crippen LogP contribution in [0, 0.1) is 34.5 Å². The van der Waals surface area contributed by atoms with Crippen LogP contribution in [0.5, 0.6) is 0 Å². The molecule has 0 radical (unpaired) electrons. The van der Waals surface area contributed by atoms with Gasteiger partial charge in [-0.1, -0.05) is 38.5 Å². The van der Waals surface area contributed by atoms with Gasteiger partial charge in [0.25, 0.3) is 0 Å². The summed E-state index contributed by atoms with van der Waals surface area (Å²) in [4.78, 5) is 27.1. The molecule has 7 unspecified atom stereocenters. The van der Waals surface area contributed by atoms with Crippen LogP contribution >= 0.6 is 0 Å². The number of carbonyl (C=O) groups is 2. The molecule has 0 saturated heterocycles. The van der Waals surface area contributed by atoms with E-state index in [-0.39, 0.29) is 28.6 Å². The quantitative estimate of drug-likeness (QED) is 0.351. The Morgan fingerprint density at radius 1 is 1.25 bits per heavy atom. The molecule has 2 fully saturated rings. The Morgan fingerprint density at radius 2 is 1.88 bits per heavy atom. The minimum atomic E-state index is -2.09. The monoisotopic (exact) mass is 444 g/mol. The molecule has 0 aromatic carbocycles. The first-order chi connectivity index (χ1) is 14.8. The Hall–Kier alpha value is -1.76. The van der Waals surface area contributed by atoms with Crippen molar-refractivity contribution >= 4 is 11.8 Å². The Kier molecular flexibility index (Phi) is 5.20. The third-order valence-electron chi connectivity index (χ3n) is 9.18. The number of rotatable bonds is 3. The van der Waals surface area contributed by atoms with Crippen molar-refractivity contribution in [2.24, 2.45) is 34.5 Å². The number of aliphatic hydroxyl groups is 3. The average Bonchev–Trinajstić information content (AvgIpc) is 3.21. The molecule has 0 amide bonds. The molecule has 4 aliphatic rings. The zero-order chi connectivity index (χ0) is 24.0. The molecular weight excluding hydrogens is 408 g/mol. The van der Waals surface area contributed by atoms with E-state index in [2.05, 4.69) is 13.8 Å². The van der Waals surface area contributed by atoms with Gasteiger partial charge in [-0.15, -0.1) is 0 Å². The van der Waals surface area contributed by atoms with Crippen molar-refractivity contribution < 1.29 is 29.6 Å². The average molecular weight is 445 g/mol. The van der Waals surface area contributed by atoms with Gasteiger partial charge in [-0.05, 0) is 68.4 Å². The van der Waals surface area contributed by atoms with E-state index in [0.29, 0.717) is 17.1 Å². The fraction of sp³-hybridized carbons (Fsp3) is 0.692. The Bertz CT molecular complexity index is 967. The lowest BCUT2D eigenvalue weighted by molar-refractivity contribution is -0.201. The number of allylic oxidation sites excluding steroid dienone is 2. The number of hydrogen-bond acceptors (Lipinski definition) is 6. The van der Waals surface area contributed by atoms with Gasteiger partial charge in [0.2, 0.25) is 0 Å². The molecule has 0 aliphatic heterocycles. The summed E-state index contributed by atoms with van der Waals surface area (Å²) in [7, 11) is 0. The van der Waals surface area contributed by atoms with Crippen LogP contribution in [0.4, 0.5) is 0 Å². The van der Waals surface area contributed by atoms with Gasteiger partial charge in [-0.3, -0.25) is 4.79 Å². The maximum absolute atomic E-state index is 14.2. The summed E-state index contributed by atoms with van der Waals surface area (Å²) in [6.45, 7) is 12.8. The van der Waals surface area contributed by atoms with E-state index in [9.17, 15) is 24.9 Å². The summed E-state index contributed by atoms with van der Waals surface area (Å²) in [5.74, 6) is -1.12. The van der Waals surface area contributed by atoms with E-state index in [1.807, 2.05) is 6.92 Å². The molecule has 0 aromatic heterocycles. The third-order valence-corrected chi connectivity index (χ3v) is 9.18. The number of esters is 1. The molecular formula is C26H36O6. The van der Waals surface area contributed by atoms with E-state index < -0.39 is 41.7 Å². The van der Waals surface area contributed by atoms with Crippen LogP contribution in [0.15, 0.2) is 34.4 Å². The van der Waals surface area contributed by atoms with Crippen molar-refractivity contribution in [1.82, 2.24) is 0 Å². The number of carbonyl (C=O) groups excluding carboxylic acids is 2. The van der Waals surface area contributed by atoms with Crippen molar-refractivity contribution in [3.05, 3.63) is 34.4 Å². The summed E-state index contributed by atoms with van der Waals surface area (Å²) in [5.41, 5.74) is -1.54. The Labute approximate surface area is 190 Å². The molecule has 4 rings (SSSR count). The summed E-state index contributed by atoms with van der Waals surface area (Å²) in [5, 5.41) is 33.9. The van der Waals surface area contributed by atoms with Gasteiger partial charge >= 0.3 is 5.97 Å². The topological polar surface area (TPSA) is 104 Å². The van der Waals surface area contributed by atoms with Crippen molar-refractivity contribution in [2.75, 3.05) is 6.61 Å². The van der Waals surface area contributed by atoms with Gasteiger partial charge in [0, 0.05) is 11.5 Å². The SMILES string of the molecule is CC1=CC23C(=O)C(C=C(CO)C(O)C2(O)C1OC(=O)C(C)=C(C)C)C1C(C[C@H]3C)C1(C)C. The van der Waals surface area contributed by atoms with E-state index in [1.54, 1.807) is 39.8 Å². The van der Waals surface area contributed by atoms with Crippen molar-refractivity contribution in [1.29, 1.82) is 0 Å². The maximum Gasteiger partial charge on any atom is 0.334 e. The van der Waals surface area contributed by atoms with Crippen LogP contribution in [-0.2, 0) is 14.3 Å². The zero-order valence-electron chi connectivity index (χ0n) is 20.1. The van der Waals surface area contributed by atoms with Crippen molar-refractivity contribution in [3.8, 4) is 0 Å². The van der Waals surface area contributed by atoms with Crippen LogP contribution < -0.4 is 0 Å². The molecule has 176 valence electrons. The van der Waals surface area contributed by atoms with E-state index >= 15 is 0 Å². The predicted octanol–water partition coefficient (Wildman–Crippen LogP) is 2.72. The summed E-state index contributed by atoms with van der Waals surface area (Å²) >= 11 is 0. The molecule has 0 heterocycles. The molecule has 2 bridgehead atoms. The van der Waals surface area contributed by atoms with Gasteiger partial charge < -0.3 is 20.1 Å². The van der Waals surface area contributed by atoms with Gasteiger partial charge in [0.1, 0.15) is 6.10 Å². The second-order valence-electron chi connectivity index (χ2n) is 11.3. The number of fused-ring (bicyclic) bond motifs is 3. The molecule has 1 spiro atoms. The van der Waals surface area contributed by atoms with Crippen LogP contribution in [-0.4, -0.2) is 51.5 Å². The van der Waals surface area contributed by atoms with Gasteiger partial charge in [0.05, 0.1) is 12.0 Å². The molecule has 6 nitrogen and oxygen atoms in total. The van der Waals surface area contributed by atoms with Crippen LogP contribution in [0.1, 0.15) is 54.9 Å². The van der Waals surface area contributed by atoms with Crippen LogP contribution in [0.2, 0.25) is 0 Å². The second-order valence-corrected chi connectivity index (χ2v) is 11.3. The van der Waals surface area contributed by atoms with Gasteiger partial charge in [0.15, 0.2) is 17.5 Å². The number of Topliss-reactive ketones (excluding diaryl/α,β-unsaturated/α-hetero) is 1.